The van der Waals surface area contributed by atoms with Crippen molar-refractivity contribution in [3.05, 3.63) is 79.0 Å². The second-order valence-corrected chi connectivity index (χ2v) is 8.21. The second kappa shape index (κ2) is 6.78. The molecule has 0 radical (unpaired) electrons. The van der Waals surface area contributed by atoms with Gasteiger partial charge in [-0.1, -0.05) is 77.5 Å². The van der Waals surface area contributed by atoms with Gasteiger partial charge in [0.1, 0.15) is 0 Å². The van der Waals surface area contributed by atoms with Crippen LogP contribution in [-0.2, 0) is 0 Å². The first-order valence-corrected chi connectivity index (χ1v) is 9.90. The minimum absolute atomic E-state index is 0.135. The standard InChI is InChI=1S/C20H16BrN3OS/c1-12(2)14-9-7-13(8-10-14)11-17-19(25)24-20(26-17)22-18(23-24)15-5-3-4-6-16(15)21/h3-12H,1-2H3/b17-11-. The largest absolute Gasteiger partial charge is 0.291 e. The first kappa shape index (κ1) is 17.1. The van der Waals surface area contributed by atoms with Crippen LogP contribution in [0.5, 0.6) is 0 Å². The van der Waals surface area contributed by atoms with Gasteiger partial charge in [-0.2, -0.15) is 9.50 Å². The van der Waals surface area contributed by atoms with Gasteiger partial charge in [-0.05, 0) is 35.3 Å². The molecule has 4 rings (SSSR count). The molecular formula is C20H16BrN3OS. The van der Waals surface area contributed by atoms with E-state index in [9.17, 15) is 4.79 Å². The maximum atomic E-state index is 12.7. The van der Waals surface area contributed by atoms with E-state index in [-0.39, 0.29) is 5.56 Å². The van der Waals surface area contributed by atoms with E-state index in [1.54, 1.807) is 0 Å². The van der Waals surface area contributed by atoms with Crippen LogP contribution in [0.4, 0.5) is 0 Å². The van der Waals surface area contributed by atoms with Crippen molar-refractivity contribution in [1.82, 2.24) is 14.6 Å². The monoisotopic (exact) mass is 425 g/mol. The van der Waals surface area contributed by atoms with Gasteiger partial charge in [-0.25, -0.2) is 0 Å². The smallest absolute Gasteiger partial charge is 0.266 e. The Labute approximate surface area is 163 Å². The van der Waals surface area contributed by atoms with E-state index >= 15 is 0 Å². The molecule has 0 aliphatic heterocycles. The Morgan fingerprint density at radius 1 is 1.12 bits per heavy atom. The highest BCUT2D eigenvalue weighted by atomic mass is 79.9. The van der Waals surface area contributed by atoms with Gasteiger partial charge in [0.2, 0.25) is 4.96 Å². The molecule has 0 fully saturated rings. The van der Waals surface area contributed by atoms with Crippen molar-refractivity contribution in [1.29, 1.82) is 0 Å². The predicted molar refractivity (Wildman–Crippen MR) is 110 cm³/mol. The van der Waals surface area contributed by atoms with Gasteiger partial charge in [-0.15, -0.1) is 5.10 Å². The molecule has 4 nitrogen and oxygen atoms in total. The fraction of sp³-hybridized carbons (Fsp3) is 0.150. The summed E-state index contributed by atoms with van der Waals surface area (Å²) in [5, 5.41) is 4.40. The highest BCUT2D eigenvalue weighted by molar-refractivity contribution is 9.10. The fourth-order valence-electron chi connectivity index (χ4n) is 2.72. The van der Waals surface area contributed by atoms with Crippen molar-refractivity contribution in [3.8, 4) is 11.4 Å². The first-order chi connectivity index (χ1) is 12.5. The number of hydrogen-bond acceptors (Lipinski definition) is 4. The Morgan fingerprint density at radius 2 is 1.85 bits per heavy atom. The molecule has 130 valence electrons. The van der Waals surface area contributed by atoms with Crippen LogP contribution in [-0.4, -0.2) is 14.6 Å². The molecule has 0 aliphatic rings. The lowest BCUT2D eigenvalue weighted by molar-refractivity contribution is 0.866. The molecule has 0 atom stereocenters. The highest BCUT2D eigenvalue weighted by Crippen LogP contribution is 2.25. The van der Waals surface area contributed by atoms with Gasteiger partial charge in [0.25, 0.3) is 5.56 Å². The number of fused-ring (bicyclic) bond motifs is 1. The van der Waals surface area contributed by atoms with Crippen LogP contribution in [0.2, 0.25) is 0 Å². The number of hydrogen-bond donors (Lipinski definition) is 0. The molecule has 0 unspecified atom stereocenters. The van der Waals surface area contributed by atoms with Gasteiger partial charge in [-0.3, -0.25) is 4.79 Å². The van der Waals surface area contributed by atoms with Crippen LogP contribution in [0.15, 0.2) is 57.8 Å². The van der Waals surface area contributed by atoms with Crippen LogP contribution in [0, 0.1) is 0 Å². The third kappa shape index (κ3) is 3.10. The third-order valence-corrected chi connectivity index (χ3v) is 5.85. The molecule has 0 aliphatic carbocycles. The lowest BCUT2D eigenvalue weighted by Crippen LogP contribution is -2.23. The summed E-state index contributed by atoms with van der Waals surface area (Å²) in [5.74, 6) is 1.04. The van der Waals surface area contributed by atoms with E-state index in [1.165, 1.54) is 21.4 Å². The molecule has 2 aromatic heterocycles. The Morgan fingerprint density at radius 3 is 2.50 bits per heavy atom. The molecule has 0 saturated heterocycles. The second-order valence-electron chi connectivity index (χ2n) is 6.35. The maximum absolute atomic E-state index is 12.7. The molecule has 0 N–H and O–H groups in total. The maximum Gasteiger partial charge on any atom is 0.291 e. The predicted octanol–water partition coefficient (Wildman–Crippen LogP) is 4.25. The molecule has 6 heteroatoms. The average molecular weight is 426 g/mol. The molecule has 2 heterocycles. The van der Waals surface area contributed by atoms with Crippen molar-refractivity contribution in [3.63, 3.8) is 0 Å². The molecule has 0 spiro atoms. The summed E-state index contributed by atoms with van der Waals surface area (Å²) in [7, 11) is 0. The SMILES string of the molecule is CC(C)c1ccc(/C=c2\sc3nc(-c4ccccc4Br)nn3c2=O)cc1. The zero-order valence-corrected chi connectivity index (χ0v) is 16.7. The van der Waals surface area contributed by atoms with Crippen molar-refractivity contribution in [2.45, 2.75) is 19.8 Å². The molecule has 26 heavy (non-hydrogen) atoms. The quantitative estimate of drug-likeness (QED) is 0.492. The summed E-state index contributed by atoms with van der Waals surface area (Å²) in [5.41, 5.74) is 3.02. The number of rotatable bonds is 3. The minimum atomic E-state index is -0.135. The Bertz CT molecular complexity index is 1190. The molecule has 0 amide bonds. The number of nitrogens with zero attached hydrogens (tertiary/aromatic N) is 3. The van der Waals surface area contributed by atoms with E-state index in [0.29, 0.717) is 21.2 Å². The fourth-order valence-corrected chi connectivity index (χ4v) is 4.09. The van der Waals surface area contributed by atoms with E-state index < -0.39 is 0 Å². The van der Waals surface area contributed by atoms with Gasteiger partial charge in [0, 0.05) is 10.0 Å². The Hall–Kier alpha value is -2.31. The summed E-state index contributed by atoms with van der Waals surface area (Å²) < 4.78 is 2.92. The topological polar surface area (TPSA) is 47.3 Å². The Balaban J connectivity index is 1.76. The molecule has 0 saturated carbocycles. The Kier molecular flexibility index (Phi) is 4.46. The van der Waals surface area contributed by atoms with Crippen molar-refractivity contribution >= 4 is 38.3 Å². The van der Waals surface area contributed by atoms with E-state index in [2.05, 4.69) is 52.0 Å². The van der Waals surface area contributed by atoms with Gasteiger partial charge < -0.3 is 0 Å². The third-order valence-electron chi connectivity index (χ3n) is 4.20. The van der Waals surface area contributed by atoms with Crippen LogP contribution < -0.4 is 10.1 Å². The van der Waals surface area contributed by atoms with Crippen molar-refractivity contribution in [2.75, 3.05) is 0 Å². The van der Waals surface area contributed by atoms with E-state index in [4.69, 9.17) is 0 Å². The van der Waals surface area contributed by atoms with Gasteiger partial charge in [0.05, 0.1) is 4.53 Å². The van der Waals surface area contributed by atoms with E-state index in [0.717, 1.165) is 15.6 Å². The van der Waals surface area contributed by atoms with Crippen molar-refractivity contribution in [2.24, 2.45) is 0 Å². The van der Waals surface area contributed by atoms with Crippen LogP contribution in [0.3, 0.4) is 0 Å². The highest BCUT2D eigenvalue weighted by Gasteiger charge is 2.13. The molecular weight excluding hydrogens is 410 g/mol. The van der Waals surface area contributed by atoms with Gasteiger partial charge in [0.15, 0.2) is 5.82 Å². The minimum Gasteiger partial charge on any atom is -0.266 e. The number of thiazole rings is 1. The van der Waals surface area contributed by atoms with E-state index in [1.807, 2.05) is 42.5 Å². The normalized spacial score (nSPS) is 12.4. The van der Waals surface area contributed by atoms with Gasteiger partial charge >= 0.3 is 0 Å². The lowest BCUT2D eigenvalue weighted by Gasteiger charge is -2.04. The number of aromatic nitrogens is 3. The average Bonchev–Trinajstić information content (AvgIpc) is 3.16. The zero-order valence-electron chi connectivity index (χ0n) is 14.3. The number of benzene rings is 2. The molecule has 4 aromatic rings. The van der Waals surface area contributed by atoms with Crippen LogP contribution >= 0.6 is 27.3 Å². The number of halogens is 1. The van der Waals surface area contributed by atoms with Crippen LogP contribution in [0.1, 0.15) is 30.9 Å². The van der Waals surface area contributed by atoms with Crippen molar-refractivity contribution < 1.29 is 0 Å². The molecule has 0 bridgehead atoms. The summed E-state index contributed by atoms with van der Waals surface area (Å²) in [6.45, 7) is 4.33. The molecule has 2 aromatic carbocycles. The summed E-state index contributed by atoms with van der Waals surface area (Å²) >= 11 is 4.86. The lowest BCUT2D eigenvalue weighted by atomic mass is 10.0. The summed E-state index contributed by atoms with van der Waals surface area (Å²) in [6, 6.07) is 16.0. The zero-order chi connectivity index (χ0) is 18.3. The summed E-state index contributed by atoms with van der Waals surface area (Å²) in [4.78, 5) is 17.8. The first-order valence-electron chi connectivity index (χ1n) is 8.29. The summed E-state index contributed by atoms with van der Waals surface area (Å²) in [6.07, 6.45) is 1.89. The van der Waals surface area contributed by atoms with Crippen LogP contribution in [0.25, 0.3) is 22.4 Å².